The van der Waals surface area contributed by atoms with Crippen molar-refractivity contribution in [2.75, 3.05) is 7.05 Å². The lowest BCUT2D eigenvalue weighted by Crippen LogP contribution is -2.47. The lowest BCUT2D eigenvalue weighted by atomic mass is 10.2. The second-order valence-corrected chi connectivity index (χ2v) is 4.13. The third kappa shape index (κ3) is 3.89. The molecule has 1 aromatic rings. The molecule has 0 aromatic carbocycles. The molecule has 1 aromatic heterocycles. The Hall–Kier alpha value is -1.82. The van der Waals surface area contributed by atoms with Crippen LogP contribution in [-0.2, 0) is 4.79 Å². The van der Waals surface area contributed by atoms with Crippen LogP contribution in [0.15, 0.2) is 16.5 Å². The van der Waals surface area contributed by atoms with E-state index < -0.39 is 12.1 Å². The van der Waals surface area contributed by atoms with Crippen molar-refractivity contribution in [3.05, 3.63) is 23.7 Å². The number of aryl methyl sites for hydroxylation is 1. The Labute approximate surface area is 106 Å². The van der Waals surface area contributed by atoms with E-state index in [9.17, 15) is 9.59 Å². The number of carbonyl (C=O) groups excluding carboxylic acids is 2. The Morgan fingerprint density at radius 3 is 2.44 bits per heavy atom. The number of imide groups is 1. The number of carbonyl (C=O) groups is 2. The van der Waals surface area contributed by atoms with Crippen LogP contribution < -0.4 is 16.0 Å². The van der Waals surface area contributed by atoms with Crippen molar-refractivity contribution in [1.82, 2.24) is 16.0 Å². The van der Waals surface area contributed by atoms with Gasteiger partial charge in [0, 0.05) is 7.05 Å². The molecular weight excluding hydrogens is 234 g/mol. The molecule has 0 aliphatic heterocycles. The van der Waals surface area contributed by atoms with Crippen molar-refractivity contribution < 1.29 is 14.0 Å². The summed E-state index contributed by atoms with van der Waals surface area (Å²) in [7, 11) is 1.45. The van der Waals surface area contributed by atoms with Gasteiger partial charge in [-0.3, -0.25) is 15.4 Å². The fourth-order valence-corrected chi connectivity index (χ4v) is 1.50. The van der Waals surface area contributed by atoms with Gasteiger partial charge in [0.1, 0.15) is 11.5 Å². The predicted molar refractivity (Wildman–Crippen MR) is 67.1 cm³/mol. The van der Waals surface area contributed by atoms with Gasteiger partial charge in [-0.05, 0) is 32.9 Å². The summed E-state index contributed by atoms with van der Waals surface area (Å²) in [4.78, 5) is 22.6. The normalized spacial score (nSPS) is 13.8. The van der Waals surface area contributed by atoms with Crippen molar-refractivity contribution in [3.63, 3.8) is 0 Å². The maximum absolute atomic E-state index is 11.6. The molecule has 0 radical (unpaired) electrons. The molecule has 3 N–H and O–H groups in total. The van der Waals surface area contributed by atoms with Gasteiger partial charge in [0.25, 0.3) is 0 Å². The molecule has 0 bridgehead atoms. The van der Waals surface area contributed by atoms with E-state index in [0.29, 0.717) is 0 Å². The van der Waals surface area contributed by atoms with Crippen LogP contribution in [0.1, 0.15) is 31.4 Å². The molecule has 6 heteroatoms. The first kappa shape index (κ1) is 14.2. The van der Waals surface area contributed by atoms with Gasteiger partial charge in [-0.1, -0.05) is 0 Å². The van der Waals surface area contributed by atoms with E-state index >= 15 is 0 Å². The molecular formula is C12H19N3O3. The van der Waals surface area contributed by atoms with Crippen LogP contribution in [0.4, 0.5) is 4.79 Å². The Bertz CT molecular complexity index is 428. The van der Waals surface area contributed by atoms with Gasteiger partial charge in [-0.15, -0.1) is 0 Å². The number of hydrogen-bond donors (Lipinski definition) is 3. The van der Waals surface area contributed by atoms with E-state index in [-0.39, 0.29) is 11.9 Å². The van der Waals surface area contributed by atoms with Crippen molar-refractivity contribution in [2.45, 2.75) is 32.9 Å². The fraction of sp³-hybridized carbons (Fsp3) is 0.500. The Kier molecular flexibility index (Phi) is 4.91. The number of hydrogen-bond acceptors (Lipinski definition) is 4. The first-order chi connectivity index (χ1) is 8.43. The second-order valence-electron chi connectivity index (χ2n) is 4.13. The van der Waals surface area contributed by atoms with E-state index in [2.05, 4.69) is 16.0 Å². The van der Waals surface area contributed by atoms with E-state index in [4.69, 9.17) is 4.42 Å². The summed E-state index contributed by atoms with van der Waals surface area (Å²) >= 11 is 0. The maximum Gasteiger partial charge on any atom is 0.321 e. The highest BCUT2D eigenvalue weighted by atomic mass is 16.3. The number of nitrogens with one attached hydrogen (secondary N) is 3. The van der Waals surface area contributed by atoms with Crippen LogP contribution >= 0.6 is 0 Å². The summed E-state index contributed by atoms with van der Waals surface area (Å²) in [6.07, 6.45) is 0. The van der Waals surface area contributed by atoms with Crippen LogP contribution in [0.2, 0.25) is 0 Å². The zero-order valence-electron chi connectivity index (χ0n) is 11.0. The van der Waals surface area contributed by atoms with Crippen LogP contribution in [0.25, 0.3) is 0 Å². The predicted octanol–water partition coefficient (Wildman–Crippen LogP) is 1.08. The number of amides is 3. The lowest BCUT2D eigenvalue weighted by Gasteiger charge is -2.17. The Balaban J connectivity index is 2.51. The molecule has 0 saturated carbocycles. The van der Waals surface area contributed by atoms with Crippen molar-refractivity contribution in [3.8, 4) is 0 Å². The zero-order valence-corrected chi connectivity index (χ0v) is 11.0. The van der Waals surface area contributed by atoms with Crippen LogP contribution in [-0.4, -0.2) is 25.0 Å². The van der Waals surface area contributed by atoms with Gasteiger partial charge in [0.15, 0.2) is 0 Å². The SMILES string of the molecule is CNC(=O)NC(=O)C(C)NC(C)c1ccc(C)o1. The molecule has 1 heterocycles. The molecule has 0 fully saturated rings. The van der Waals surface area contributed by atoms with E-state index in [1.165, 1.54) is 7.05 Å². The third-order valence-corrected chi connectivity index (χ3v) is 2.54. The minimum absolute atomic E-state index is 0.107. The summed E-state index contributed by atoms with van der Waals surface area (Å²) < 4.78 is 5.45. The lowest BCUT2D eigenvalue weighted by molar-refractivity contribution is -0.121. The molecule has 1 rings (SSSR count). The minimum Gasteiger partial charge on any atom is -0.465 e. The fourth-order valence-electron chi connectivity index (χ4n) is 1.50. The van der Waals surface area contributed by atoms with Gasteiger partial charge in [-0.25, -0.2) is 4.79 Å². The smallest absolute Gasteiger partial charge is 0.321 e. The topological polar surface area (TPSA) is 83.4 Å². The molecule has 2 atom stereocenters. The molecule has 0 saturated heterocycles. The monoisotopic (exact) mass is 253 g/mol. The van der Waals surface area contributed by atoms with Crippen molar-refractivity contribution >= 4 is 11.9 Å². The zero-order chi connectivity index (χ0) is 13.7. The first-order valence-electron chi connectivity index (χ1n) is 5.79. The van der Waals surface area contributed by atoms with Crippen molar-refractivity contribution in [1.29, 1.82) is 0 Å². The van der Waals surface area contributed by atoms with Crippen LogP contribution in [0.5, 0.6) is 0 Å². The van der Waals surface area contributed by atoms with Crippen molar-refractivity contribution in [2.24, 2.45) is 0 Å². The van der Waals surface area contributed by atoms with E-state index in [1.807, 2.05) is 26.0 Å². The number of furan rings is 1. The third-order valence-electron chi connectivity index (χ3n) is 2.54. The Morgan fingerprint density at radius 2 is 1.94 bits per heavy atom. The molecule has 6 nitrogen and oxygen atoms in total. The van der Waals surface area contributed by atoms with Gasteiger partial charge in [0.05, 0.1) is 12.1 Å². The summed E-state index contributed by atoms with van der Waals surface area (Å²) in [5.74, 6) is 1.19. The minimum atomic E-state index is -0.518. The van der Waals surface area contributed by atoms with Gasteiger partial charge in [-0.2, -0.15) is 0 Å². The molecule has 0 spiro atoms. The largest absolute Gasteiger partial charge is 0.465 e. The van der Waals surface area contributed by atoms with E-state index in [0.717, 1.165) is 11.5 Å². The molecule has 3 amide bonds. The molecule has 0 aliphatic rings. The molecule has 2 unspecified atom stereocenters. The molecule has 100 valence electrons. The average Bonchev–Trinajstić information content (AvgIpc) is 2.75. The van der Waals surface area contributed by atoms with Gasteiger partial charge >= 0.3 is 6.03 Å². The highest BCUT2D eigenvalue weighted by Crippen LogP contribution is 2.15. The second kappa shape index (κ2) is 6.20. The highest BCUT2D eigenvalue weighted by Gasteiger charge is 2.19. The number of rotatable bonds is 4. The quantitative estimate of drug-likeness (QED) is 0.750. The summed E-state index contributed by atoms with van der Waals surface area (Å²) in [6, 6.07) is 2.60. The Morgan fingerprint density at radius 1 is 1.28 bits per heavy atom. The average molecular weight is 253 g/mol. The standard InChI is InChI=1S/C12H19N3O3/c1-7-5-6-10(18-7)8(2)14-9(3)11(16)15-12(17)13-4/h5-6,8-9,14H,1-4H3,(H2,13,15,16,17). The summed E-state index contributed by atoms with van der Waals surface area (Å²) in [6.45, 7) is 5.43. The summed E-state index contributed by atoms with van der Waals surface area (Å²) in [5.41, 5.74) is 0. The number of urea groups is 1. The van der Waals surface area contributed by atoms with Crippen LogP contribution in [0, 0.1) is 6.92 Å². The first-order valence-corrected chi connectivity index (χ1v) is 5.79. The highest BCUT2D eigenvalue weighted by molar-refractivity contribution is 5.96. The maximum atomic E-state index is 11.6. The molecule has 0 aliphatic carbocycles. The molecule has 18 heavy (non-hydrogen) atoms. The van der Waals surface area contributed by atoms with Gasteiger partial charge in [0.2, 0.25) is 5.91 Å². The summed E-state index contributed by atoms with van der Waals surface area (Å²) in [5, 5.41) is 7.58. The van der Waals surface area contributed by atoms with Crippen LogP contribution in [0.3, 0.4) is 0 Å². The van der Waals surface area contributed by atoms with E-state index in [1.54, 1.807) is 6.92 Å². The van der Waals surface area contributed by atoms with Gasteiger partial charge < -0.3 is 9.73 Å².